The SMILES string of the molecule is CCOc1ccc(CNC(=NC)N2CCC(Cc3cnn(C)c3)C2)cc1C.I. The maximum absolute atomic E-state index is 5.62. The molecule has 0 amide bonds. The van der Waals surface area contributed by atoms with Crippen LogP contribution < -0.4 is 10.1 Å². The topological polar surface area (TPSA) is 54.7 Å². The van der Waals surface area contributed by atoms with E-state index in [2.05, 4.69) is 51.6 Å². The van der Waals surface area contributed by atoms with Crippen LogP contribution in [0.15, 0.2) is 35.6 Å². The quantitative estimate of drug-likeness (QED) is 0.378. The van der Waals surface area contributed by atoms with Crippen LogP contribution in [-0.2, 0) is 20.0 Å². The van der Waals surface area contributed by atoms with Crippen LogP contribution >= 0.6 is 24.0 Å². The molecule has 1 aliphatic heterocycles. The third-order valence-electron chi connectivity index (χ3n) is 5.07. The van der Waals surface area contributed by atoms with Gasteiger partial charge in [0.1, 0.15) is 5.75 Å². The Bertz CT molecular complexity index is 789. The Morgan fingerprint density at radius 1 is 1.36 bits per heavy atom. The molecule has 7 heteroatoms. The summed E-state index contributed by atoms with van der Waals surface area (Å²) in [6.45, 7) is 7.65. The van der Waals surface area contributed by atoms with Gasteiger partial charge in [-0.05, 0) is 55.4 Å². The average molecular weight is 497 g/mol. The van der Waals surface area contributed by atoms with Crippen LogP contribution in [0.4, 0.5) is 0 Å². The molecule has 1 aromatic heterocycles. The van der Waals surface area contributed by atoms with E-state index in [1.165, 1.54) is 23.1 Å². The molecular formula is C21H32IN5O. The number of aryl methyl sites for hydroxylation is 2. The molecule has 1 aromatic carbocycles. The van der Waals surface area contributed by atoms with Crippen molar-refractivity contribution in [3.8, 4) is 5.75 Å². The molecule has 1 unspecified atom stereocenters. The van der Waals surface area contributed by atoms with Crippen LogP contribution in [0.3, 0.4) is 0 Å². The first-order valence-electron chi connectivity index (χ1n) is 9.74. The lowest BCUT2D eigenvalue weighted by Crippen LogP contribution is -2.39. The minimum atomic E-state index is 0. The number of rotatable bonds is 6. The van der Waals surface area contributed by atoms with E-state index >= 15 is 0 Å². The number of likely N-dealkylation sites (tertiary alicyclic amines) is 1. The monoisotopic (exact) mass is 497 g/mol. The Morgan fingerprint density at radius 2 is 2.18 bits per heavy atom. The van der Waals surface area contributed by atoms with E-state index in [0.717, 1.165) is 37.8 Å². The van der Waals surface area contributed by atoms with Gasteiger partial charge in [0.05, 0.1) is 12.8 Å². The third-order valence-corrected chi connectivity index (χ3v) is 5.07. The van der Waals surface area contributed by atoms with E-state index in [-0.39, 0.29) is 24.0 Å². The number of aliphatic imine (C=N–C) groups is 1. The van der Waals surface area contributed by atoms with Gasteiger partial charge in [-0.15, -0.1) is 24.0 Å². The summed E-state index contributed by atoms with van der Waals surface area (Å²) in [7, 11) is 3.83. The molecule has 1 aliphatic rings. The first kappa shape index (κ1) is 22.5. The van der Waals surface area contributed by atoms with Gasteiger partial charge in [-0.2, -0.15) is 5.10 Å². The zero-order valence-corrected chi connectivity index (χ0v) is 19.6. The highest BCUT2D eigenvalue weighted by Crippen LogP contribution is 2.21. The number of hydrogen-bond acceptors (Lipinski definition) is 3. The Morgan fingerprint density at radius 3 is 2.82 bits per heavy atom. The summed E-state index contributed by atoms with van der Waals surface area (Å²) < 4.78 is 7.50. The van der Waals surface area contributed by atoms with Crippen LogP contribution in [0.25, 0.3) is 0 Å². The Kier molecular flexibility index (Phi) is 8.59. The normalized spacial score (nSPS) is 16.8. The van der Waals surface area contributed by atoms with Crippen LogP contribution in [0.1, 0.15) is 30.0 Å². The highest BCUT2D eigenvalue weighted by molar-refractivity contribution is 14.0. The van der Waals surface area contributed by atoms with Crippen LogP contribution in [0.2, 0.25) is 0 Å². The Labute approximate surface area is 185 Å². The van der Waals surface area contributed by atoms with Crippen molar-refractivity contribution in [1.29, 1.82) is 0 Å². The summed E-state index contributed by atoms with van der Waals surface area (Å²) in [4.78, 5) is 6.85. The first-order valence-corrected chi connectivity index (χ1v) is 9.74. The lowest BCUT2D eigenvalue weighted by atomic mass is 10.0. The van der Waals surface area contributed by atoms with Gasteiger partial charge in [0.2, 0.25) is 0 Å². The van der Waals surface area contributed by atoms with Crippen molar-refractivity contribution in [2.75, 3.05) is 26.7 Å². The van der Waals surface area contributed by atoms with Crippen molar-refractivity contribution >= 4 is 29.9 Å². The van der Waals surface area contributed by atoms with Gasteiger partial charge in [-0.25, -0.2) is 0 Å². The predicted molar refractivity (Wildman–Crippen MR) is 125 cm³/mol. The standard InChI is InChI=1S/C21H31N5O.HI/c1-5-27-20-7-6-17(10-16(20)2)12-23-21(22-3)26-9-8-18(15-26)11-19-13-24-25(4)14-19;/h6-7,10,13-14,18H,5,8-9,11-12,15H2,1-4H3,(H,22,23);1H. The van der Waals surface area contributed by atoms with Crippen molar-refractivity contribution in [2.45, 2.75) is 33.2 Å². The number of hydrogen-bond donors (Lipinski definition) is 1. The van der Waals surface area contributed by atoms with Crippen molar-refractivity contribution in [1.82, 2.24) is 20.0 Å². The summed E-state index contributed by atoms with van der Waals surface area (Å²) >= 11 is 0. The van der Waals surface area contributed by atoms with Gasteiger partial charge in [-0.3, -0.25) is 9.67 Å². The highest BCUT2D eigenvalue weighted by Gasteiger charge is 2.25. The minimum Gasteiger partial charge on any atom is -0.494 e. The predicted octanol–water partition coefficient (Wildman–Crippen LogP) is 3.39. The van der Waals surface area contributed by atoms with E-state index < -0.39 is 0 Å². The van der Waals surface area contributed by atoms with E-state index in [4.69, 9.17) is 4.74 Å². The number of nitrogens with one attached hydrogen (secondary N) is 1. The molecular weight excluding hydrogens is 465 g/mol. The number of halogens is 1. The molecule has 2 aromatic rings. The summed E-state index contributed by atoms with van der Waals surface area (Å²) in [5.41, 5.74) is 3.73. The van der Waals surface area contributed by atoms with Crippen LogP contribution in [0.5, 0.6) is 5.75 Å². The van der Waals surface area contributed by atoms with Crippen molar-refractivity contribution in [3.05, 3.63) is 47.3 Å². The van der Waals surface area contributed by atoms with Gasteiger partial charge in [0.25, 0.3) is 0 Å². The first-order chi connectivity index (χ1) is 13.1. The number of aromatic nitrogens is 2. The van der Waals surface area contributed by atoms with Crippen LogP contribution in [0, 0.1) is 12.8 Å². The zero-order chi connectivity index (χ0) is 19.2. The zero-order valence-electron chi connectivity index (χ0n) is 17.3. The molecule has 1 saturated heterocycles. The second-order valence-corrected chi connectivity index (χ2v) is 7.26. The molecule has 1 N–H and O–H groups in total. The number of guanidine groups is 1. The maximum atomic E-state index is 5.62. The Hall–Kier alpha value is -1.77. The van der Waals surface area contributed by atoms with Gasteiger partial charge < -0.3 is 15.0 Å². The van der Waals surface area contributed by atoms with Gasteiger partial charge in [0, 0.05) is 39.9 Å². The summed E-state index contributed by atoms with van der Waals surface area (Å²) in [6, 6.07) is 6.35. The second-order valence-electron chi connectivity index (χ2n) is 7.26. The molecule has 1 fully saturated rings. The molecule has 0 saturated carbocycles. The molecule has 3 rings (SSSR count). The molecule has 0 aliphatic carbocycles. The van der Waals surface area contributed by atoms with Crippen molar-refractivity contribution in [3.63, 3.8) is 0 Å². The third kappa shape index (κ3) is 5.86. The van der Waals surface area contributed by atoms with Crippen LogP contribution in [-0.4, -0.2) is 47.4 Å². The highest BCUT2D eigenvalue weighted by atomic mass is 127. The fraction of sp³-hybridized carbons (Fsp3) is 0.524. The molecule has 1 atom stereocenters. The van der Waals surface area contributed by atoms with E-state index in [9.17, 15) is 0 Å². The molecule has 0 spiro atoms. The molecule has 28 heavy (non-hydrogen) atoms. The van der Waals surface area contributed by atoms with Gasteiger partial charge >= 0.3 is 0 Å². The summed E-state index contributed by atoms with van der Waals surface area (Å²) in [6.07, 6.45) is 6.37. The fourth-order valence-electron chi connectivity index (χ4n) is 3.75. The smallest absolute Gasteiger partial charge is 0.193 e. The molecule has 154 valence electrons. The summed E-state index contributed by atoms with van der Waals surface area (Å²) in [5, 5.41) is 7.79. The Balaban J connectivity index is 0.00000280. The number of nitrogens with zero attached hydrogens (tertiary/aromatic N) is 4. The maximum Gasteiger partial charge on any atom is 0.193 e. The van der Waals surface area contributed by atoms with E-state index in [1.54, 1.807) is 0 Å². The largest absolute Gasteiger partial charge is 0.494 e. The molecule has 0 radical (unpaired) electrons. The average Bonchev–Trinajstić information content (AvgIpc) is 3.27. The van der Waals surface area contributed by atoms with Gasteiger partial charge in [0.15, 0.2) is 5.96 Å². The van der Waals surface area contributed by atoms with E-state index in [1.807, 2.05) is 31.9 Å². The van der Waals surface area contributed by atoms with Crippen molar-refractivity contribution in [2.24, 2.45) is 18.0 Å². The molecule has 2 heterocycles. The summed E-state index contributed by atoms with van der Waals surface area (Å²) in [5.74, 6) is 2.60. The lowest BCUT2D eigenvalue weighted by Gasteiger charge is -2.22. The van der Waals surface area contributed by atoms with Gasteiger partial charge in [-0.1, -0.05) is 12.1 Å². The number of benzene rings is 1. The lowest BCUT2D eigenvalue weighted by molar-refractivity contribution is 0.338. The molecule has 6 nitrogen and oxygen atoms in total. The number of ether oxygens (including phenoxy) is 1. The molecule has 0 bridgehead atoms. The van der Waals surface area contributed by atoms with E-state index in [0.29, 0.717) is 12.5 Å². The minimum absolute atomic E-state index is 0. The fourth-order valence-corrected chi connectivity index (χ4v) is 3.75. The van der Waals surface area contributed by atoms with Crippen molar-refractivity contribution < 1.29 is 4.74 Å². The second kappa shape index (κ2) is 10.7.